The monoisotopic (exact) mass is 371 g/mol. The maximum atomic E-state index is 12.5. The summed E-state index contributed by atoms with van der Waals surface area (Å²) in [5.74, 6) is -2.09. The number of aromatic nitrogens is 1. The molecule has 5 heteroatoms. The Morgan fingerprint density at radius 3 is 2.52 bits per heavy atom. The molecule has 1 atom stereocenters. The fourth-order valence-corrected chi connectivity index (χ4v) is 3.20. The Balaban J connectivity index is 1.96. The fraction of sp³-hybridized carbons (Fsp3) is 0.111. The van der Waals surface area contributed by atoms with E-state index in [2.05, 4.69) is 20.9 Å². The number of Topliss-reactive ketones (excluding diaryl/α,β-unsaturated/α-hetero) is 1. The number of aromatic amines is 1. The van der Waals surface area contributed by atoms with E-state index in [9.17, 15) is 14.7 Å². The summed E-state index contributed by atoms with van der Waals surface area (Å²) in [6.45, 7) is 0. The molecule has 1 unspecified atom stereocenters. The molecular weight excluding hydrogens is 358 g/mol. The van der Waals surface area contributed by atoms with Crippen molar-refractivity contribution in [3.8, 4) is 0 Å². The van der Waals surface area contributed by atoms with E-state index in [-0.39, 0.29) is 12.2 Å². The third-order valence-electron chi connectivity index (χ3n) is 3.86. The van der Waals surface area contributed by atoms with Gasteiger partial charge in [-0.3, -0.25) is 9.59 Å². The molecule has 0 radical (unpaired) electrons. The number of carbonyl (C=O) groups excluding carboxylic acids is 1. The lowest BCUT2D eigenvalue weighted by Gasteiger charge is -2.12. The number of ketones is 1. The van der Waals surface area contributed by atoms with Crippen molar-refractivity contribution in [1.29, 1.82) is 0 Å². The lowest BCUT2D eigenvalue weighted by Crippen LogP contribution is -2.16. The third kappa shape index (κ3) is 3.05. The molecule has 2 N–H and O–H groups in total. The maximum absolute atomic E-state index is 12.5. The average molecular weight is 372 g/mol. The van der Waals surface area contributed by atoms with Crippen LogP contribution in [0, 0.1) is 0 Å². The van der Waals surface area contributed by atoms with Crippen molar-refractivity contribution in [2.45, 2.75) is 12.3 Å². The zero-order valence-electron chi connectivity index (χ0n) is 12.1. The van der Waals surface area contributed by atoms with E-state index < -0.39 is 11.9 Å². The molecule has 1 aromatic heterocycles. The molecule has 23 heavy (non-hydrogen) atoms. The molecule has 4 nitrogen and oxygen atoms in total. The first-order valence-electron chi connectivity index (χ1n) is 7.14. The predicted octanol–water partition coefficient (Wildman–Crippen LogP) is 4.37. The number of H-pyrrole nitrogens is 1. The molecule has 3 rings (SSSR count). The van der Waals surface area contributed by atoms with Gasteiger partial charge in [0.25, 0.3) is 0 Å². The second-order valence-electron chi connectivity index (χ2n) is 5.29. The van der Waals surface area contributed by atoms with E-state index in [0.717, 1.165) is 10.9 Å². The molecule has 3 aromatic rings. The topological polar surface area (TPSA) is 70.2 Å². The van der Waals surface area contributed by atoms with Crippen LogP contribution in [0.3, 0.4) is 0 Å². The minimum Gasteiger partial charge on any atom is -0.481 e. The maximum Gasteiger partial charge on any atom is 0.311 e. The van der Waals surface area contributed by atoms with Crippen molar-refractivity contribution in [1.82, 2.24) is 4.98 Å². The molecule has 2 aromatic carbocycles. The minimum absolute atomic E-state index is 0.0835. The molecule has 0 saturated carbocycles. The molecule has 1 heterocycles. The molecule has 0 bridgehead atoms. The van der Waals surface area contributed by atoms with Crippen molar-refractivity contribution in [2.75, 3.05) is 0 Å². The number of carboxylic acid groups (broad SMARTS) is 1. The van der Waals surface area contributed by atoms with Gasteiger partial charge in [0.2, 0.25) is 0 Å². The second kappa shape index (κ2) is 6.38. The minimum atomic E-state index is -1.00. The van der Waals surface area contributed by atoms with Gasteiger partial charge in [-0.2, -0.15) is 0 Å². The van der Waals surface area contributed by atoms with E-state index in [1.165, 1.54) is 0 Å². The van der Waals surface area contributed by atoms with Gasteiger partial charge in [0.15, 0.2) is 5.78 Å². The van der Waals surface area contributed by atoms with Gasteiger partial charge < -0.3 is 10.1 Å². The Morgan fingerprint density at radius 2 is 1.78 bits per heavy atom. The molecule has 0 fully saturated rings. The van der Waals surface area contributed by atoms with E-state index in [4.69, 9.17) is 0 Å². The van der Waals surface area contributed by atoms with Crippen molar-refractivity contribution in [3.63, 3.8) is 0 Å². The highest BCUT2D eigenvalue weighted by Crippen LogP contribution is 2.30. The van der Waals surface area contributed by atoms with Gasteiger partial charge in [0.1, 0.15) is 0 Å². The summed E-state index contributed by atoms with van der Waals surface area (Å²) >= 11 is 3.34. The van der Waals surface area contributed by atoms with Crippen molar-refractivity contribution < 1.29 is 14.7 Å². The lowest BCUT2D eigenvalue weighted by molar-refractivity contribution is -0.138. The predicted molar refractivity (Wildman–Crippen MR) is 91.8 cm³/mol. The van der Waals surface area contributed by atoms with Crippen LogP contribution < -0.4 is 0 Å². The zero-order chi connectivity index (χ0) is 16.4. The van der Waals surface area contributed by atoms with Gasteiger partial charge in [0.05, 0.1) is 5.92 Å². The number of hydrogen-bond acceptors (Lipinski definition) is 2. The third-order valence-corrected chi connectivity index (χ3v) is 4.55. The van der Waals surface area contributed by atoms with E-state index in [1.807, 2.05) is 30.3 Å². The quantitative estimate of drug-likeness (QED) is 0.654. The van der Waals surface area contributed by atoms with E-state index in [0.29, 0.717) is 15.6 Å². The number of fused-ring (bicyclic) bond motifs is 1. The molecule has 0 spiro atoms. The fourth-order valence-electron chi connectivity index (χ4n) is 2.70. The highest BCUT2D eigenvalue weighted by Gasteiger charge is 2.27. The zero-order valence-corrected chi connectivity index (χ0v) is 13.7. The number of carbonyl (C=O) groups is 2. The largest absolute Gasteiger partial charge is 0.481 e. The summed E-state index contributed by atoms with van der Waals surface area (Å²) in [5, 5.41) is 10.4. The first kappa shape index (κ1) is 15.5. The number of rotatable bonds is 5. The molecule has 0 amide bonds. The summed E-state index contributed by atoms with van der Waals surface area (Å²) in [6, 6.07) is 14.5. The van der Waals surface area contributed by atoms with E-state index in [1.54, 1.807) is 24.4 Å². The summed E-state index contributed by atoms with van der Waals surface area (Å²) in [5.41, 5.74) is 1.99. The van der Waals surface area contributed by atoms with Crippen LogP contribution in [-0.2, 0) is 4.79 Å². The number of para-hydroxylation sites is 1. The van der Waals surface area contributed by atoms with Gasteiger partial charge in [-0.1, -0.05) is 52.3 Å². The highest BCUT2D eigenvalue weighted by atomic mass is 79.9. The van der Waals surface area contributed by atoms with Gasteiger partial charge in [-0.15, -0.1) is 0 Å². The molecule has 0 aliphatic heterocycles. The summed E-state index contributed by atoms with van der Waals surface area (Å²) in [6.07, 6.45) is 1.59. The normalized spacial score (nSPS) is 12.2. The van der Waals surface area contributed by atoms with E-state index >= 15 is 0 Å². The molecular formula is C18H14BrNO3. The van der Waals surface area contributed by atoms with Crippen molar-refractivity contribution >= 4 is 38.6 Å². The van der Waals surface area contributed by atoms with Crippen LogP contribution in [0.1, 0.15) is 28.3 Å². The highest BCUT2D eigenvalue weighted by molar-refractivity contribution is 9.10. The summed E-state index contributed by atoms with van der Waals surface area (Å²) < 4.78 is 0.674. The SMILES string of the molecule is O=C(CC(C(=O)O)c1c[nH]c2ccccc12)c1ccccc1Br. The van der Waals surface area contributed by atoms with Crippen LogP contribution in [0.15, 0.2) is 59.2 Å². The van der Waals surface area contributed by atoms with Crippen LogP contribution in [0.5, 0.6) is 0 Å². The summed E-state index contributed by atoms with van der Waals surface area (Å²) in [7, 11) is 0. The van der Waals surface area contributed by atoms with Crippen LogP contribution in [0.4, 0.5) is 0 Å². The molecule has 0 aliphatic carbocycles. The number of carboxylic acids is 1. The Bertz CT molecular complexity index is 885. The number of nitrogens with one attached hydrogen (secondary N) is 1. The van der Waals surface area contributed by atoms with Crippen LogP contribution in [-0.4, -0.2) is 21.8 Å². The molecule has 0 aliphatic rings. The van der Waals surface area contributed by atoms with Gasteiger partial charge in [0, 0.05) is 33.6 Å². The lowest BCUT2D eigenvalue weighted by atomic mass is 9.91. The Labute approximate surface area is 141 Å². The first-order chi connectivity index (χ1) is 11.1. The van der Waals surface area contributed by atoms with Gasteiger partial charge in [-0.05, 0) is 17.7 Å². The van der Waals surface area contributed by atoms with Crippen molar-refractivity contribution in [3.05, 3.63) is 70.3 Å². The number of hydrogen-bond donors (Lipinski definition) is 2. The molecule has 0 saturated heterocycles. The Kier molecular flexibility index (Phi) is 4.30. The van der Waals surface area contributed by atoms with Crippen LogP contribution in [0.2, 0.25) is 0 Å². The number of halogens is 1. The van der Waals surface area contributed by atoms with Gasteiger partial charge in [-0.25, -0.2) is 0 Å². The molecule has 116 valence electrons. The smallest absolute Gasteiger partial charge is 0.311 e. The number of benzene rings is 2. The standard InChI is InChI=1S/C18H14BrNO3/c19-15-7-3-1-6-12(15)17(21)9-13(18(22)23)14-10-20-16-8-4-2-5-11(14)16/h1-8,10,13,20H,9H2,(H,22,23). The Hall–Kier alpha value is -2.40. The second-order valence-corrected chi connectivity index (χ2v) is 6.14. The van der Waals surface area contributed by atoms with Crippen LogP contribution in [0.25, 0.3) is 10.9 Å². The Morgan fingerprint density at radius 1 is 1.09 bits per heavy atom. The van der Waals surface area contributed by atoms with Crippen molar-refractivity contribution in [2.24, 2.45) is 0 Å². The summed E-state index contributed by atoms with van der Waals surface area (Å²) in [4.78, 5) is 27.3. The van der Waals surface area contributed by atoms with Crippen LogP contribution >= 0.6 is 15.9 Å². The number of aliphatic carboxylic acids is 1. The van der Waals surface area contributed by atoms with Gasteiger partial charge >= 0.3 is 5.97 Å². The first-order valence-corrected chi connectivity index (χ1v) is 7.94. The average Bonchev–Trinajstić information content (AvgIpc) is 2.96.